The fourth-order valence-electron chi connectivity index (χ4n) is 5.45. The third-order valence-corrected chi connectivity index (χ3v) is 7.24. The summed E-state index contributed by atoms with van der Waals surface area (Å²) in [5.74, 6) is -4.39. The van der Waals surface area contributed by atoms with Crippen molar-refractivity contribution in [3.8, 4) is 0 Å². The van der Waals surface area contributed by atoms with Crippen LogP contribution < -0.4 is 0 Å². The molecule has 2 aliphatic heterocycles. The molecule has 3 aromatic rings. The first-order valence-corrected chi connectivity index (χ1v) is 11.3. The Bertz CT molecular complexity index is 1330. The average molecular weight is 472 g/mol. The molecule has 6 rings (SSSR count). The number of carbonyl (C=O) groups excluding carboxylic acids is 4. The molecule has 34 heavy (non-hydrogen) atoms. The van der Waals surface area contributed by atoms with Crippen LogP contribution in [0.15, 0.2) is 78.9 Å². The van der Waals surface area contributed by atoms with E-state index in [4.69, 9.17) is 16.3 Å². The van der Waals surface area contributed by atoms with Crippen molar-refractivity contribution in [1.29, 1.82) is 0 Å². The van der Waals surface area contributed by atoms with Gasteiger partial charge in [0.15, 0.2) is 0 Å². The van der Waals surface area contributed by atoms with Crippen molar-refractivity contribution in [3.63, 3.8) is 0 Å². The Morgan fingerprint density at radius 2 is 1.35 bits per heavy atom. The summed E-state index contributed by atoms with van der Waals surface area (Å²) in [7, 11) is 0. The number of carbonyl (C=O) groups is 4. The molecule has 2 fully saturated rings. The van der Waals surface area contributed by atoms with Crippen molar-refractivity contribution in [1.82, 2.24) is 4.90 Å². The van der Waals surface area contributed by atoms with Gasteiger partial charge in [0.1, 0.15) is 0 Å². The summed E-state index contributed by atoms with van der Waals surface area (Å²) in [6.45, 7) is 0.0598. The van der Waals surface area contributed by atoms with Crippen molar-refractivity contribution in [3.05, 3.63) is 106 Å². The summed E-state index contributed by atoms with van der Waals surface area (Å²) in [6.07, 6.45) is -0.943. The molecule has 0 unspecified atom stereocenters. The molecule has 2 saturated heterocycles. The minimum atomic E-state index is -2.06. The van der Waals surface area contributed by atoms with E-state index in [0.717, 1.165) is 10.5 Å². The van der Waals surface area contributed by atoms with Crippen LogP contribution >= 0.6 is 11.6 Å². The fraction of sp³-hybridized carbons (Fsp3) is 0.185. The van der Waals surface area contributed by atoms with E-state index in [9.17, 15) is 19.2 Å². The van der Waals surface area contributed by atoms with Gasteiger partial charge in [-0.2, -0.15) is 0 Å². The van der Waals surface area contributed by atoms with Crippen LogP contribution in [-0.4, -0.2) is 33.9 Å². The number of ketones is 2. The summed E-state index contributed by atoms with van der Waals surface area (Å²) < 4.78 is 6.24. The minimum absolute atomic E-state index is 0.0598. The molecule has 6 nitrogen and oxygen atoms in total. The Labute approximate surface area is 200 Å². The number of imide groups is 1. The maximum absolute atomic E-state index is 13.7. The van der Waals surface area contributed by atoms with Gasteiger partial charge in [0, 0.05) is 16.1 Å². The van der Waals surface area contributed by atoms with Crippen molar-refractivity contribution in [2.45, 2.75) is 18.2 Å². The first kappa shape index (κ1) is 21.0. The number of fused-ring (bicyclic) bond motifs is 3. The van der Waals surface area contributed by atoms with Crippen LogP contribution in [0, 0.1) is 11.8 Å². The van der Waals surface area contributed by atoms with Crippen LogP contribution in [0.1, 0.15) is 37.9 Å². The second kappa shape index (κ2) is 7.45. The topological polar surface area (TPSA) is 80.8 Å². The van der Waals surface area contributed by atoms with Gasteiger partial charge >= 0.3 is 0 Å². The SMILES string of the molecule is O=C1[C@H]2[C@@H](C(=O)N1Cc1ccccc1)C1(O[C@H]2c2ccc(Cl)cc2)C(=O)c2ccccc2C1=O. The van der Waals surface area contributed by atoms with Crippen molar-refractivity contribution in [2.24, 2.45) is 11.8 Å². The van der Waals surface area contributed by atoms with Gasteiger partial charge in [-0.15, -0.1) is 0 Å². The fourth-order valence-corrected chi connectivity index (χ4v) is 5.58. The number of likely N-dealkylation sites (tertiary alicyclic amines) is 1. The zero-order valence-corrected chi connectivity index (χ0v) is 18.6. The highest BCUT2D eigenvalue weighted by Crippen LogP contribution is 2.57. The van der Waals surface area contributed by atoms with E-state index >= 15 is 0 Å². The second-order valence-corrected chi connectivity index (χ2v) is 9.22. The van der Waals surface area contributed by atoms with E-state index in [1.54, 1.807) is 48.5 Å². The third kappa shape index (κ3) is 2.73. The number of ether oxygens (including phenoxy) is 1. The number of benzene rings is 3. The van der Waals surface area contributed by atoms with Gasteiger partial charge in [-0.25, -0.2) is 0 Å². The largest absolute Gasteiger partial charge is 0.349 e. The summed E-state index contributed by atoms with van der Waals surface area (Å²) in [5.41, 5.74) is -0.281. The molecule has 3 atom stereocenters. The van der Waals surface area contributed by atoms with Crippen LogP contribution in [0.3, 0.4) is 0 Å². The Hall–Kier alpha value is -3.61. The molecule has 1 aliphatic carbocycles. The normalized spacial score (nSPS) is 24.7. The van der Waals surface area contributed by atoms with Crippen molar-refractivity contribution < 1.29 is 23.9 Å². The van der Waals surface area contributed by atoms with Crippen LogP contribution in [0.2, 0.25) is 5.02 Å². The molecular formula is C27H18ClNO5. The lowest BCUT2D eigenvalue weighted by molar-refractivity contribution is -0.145. The Morgan fingerprint density at radius 1 is 0.765 bits per heavy atom. The highest BCUT2D eigenvalue weighted by molar-refractivity contribution is 6.35. The average Bonchev–Trinajstić information content (AvgIpc) is 3.41. The van der Waals surface area contributed by atoms with Gasteiger partial charge in [0.25, 0.3) is 0 Å². The first-order chi connectivity index (χ1) is 16.4. The second-order valence-electron chi connectivity index (χ2n) is 8.78. The molecule has 0 radical (unpaired) electrons. The number of rotatable bonds is 3. The monoisotopic (exact) mass is 471 g/mol. The predicted molar refractivity (Wildman–Crippen MR) is 122 cm³/mol. The molecule has 0 N–H and O–H groups in total. The summed E-state index contributed by atoms with van der Waals surface area (Å²) in [4.78, 5) is 55.9. The molecule has 0 saturated carbocycles. The molecular weight excluding hydrogens is 454 g/mol. The Balaban J connectivity index is 1.49. The molecule has 3 aliphatic rings. The maximum Gasteiger partial charge on any atom is 0.237 e. The number of hydrogen-bond donors (Lipinski definition) is 0. The van der Waals surface area contributed by atoms with Gasteiger partial charge in [-0.05, 0) is 23.3 Å². The molecule has 0 bridgehead atoms. The van der Waals surface area contributed by atoms with Crippen LogP contribution in [0.4, 0.5) is 0 Å². The lowest BCUT2D eigenvalue weighted by Gasteiger charge is -2.27. The molecule has 0 aromatic heterocycles. The molecule has 168 valence electrons. The molecule has 2 heterocycles. The maximum atomic E-state index is 13.7. The standard InChI is InChI=1S/C27H18ClNO5/c28-17-12-10-16(11-13-17)22-20-21(26(33)29(25(20)32)14-15-6-2-1-3-7-15)27(34-22)23(30)18-8-4-5-9-19(18)24(27)31/h1-13,20-22H,14H2/t20-,21-,22-/m0/s1. The van der Waals surface area contributed by atoms with Gasteiger partial charge in [-0.3, -0.25) is 24.1 Å². The van der Waals surface area contributed by atoms with E-state index in [2.05, 4.69) is 0 Å². The smallest absolute Gasteiger partial charge is 0.237 e. The minimum Gasteiger partial charge on any atom is -0.349 e. The van der Waals surface area contributed by atoms with E-state index in [0.29, 0.717) is 10.6 Å². The lowest BCUT2D eigenvalue weighted by atomic mass is 9.77. The Kier molecular flexibility index (Phi) is 4.59. The van der Waals surface area contributed by atoms with Crippen molar-refractivity contribution in [2.75, 3.05) is 0 Å². The number of nitrogens with zero attached hydrogens (tertiary/aromatic N) is 1. The van der Waals surface area contributed by atoms with E-state index < -0.39 is 46.9 Å². The lowest BCUT2D eigenvalue weighted by Crippen LogP contribution is -2.50. The predicted octanol–water partition coefficient (Wildman–Crippen LogP) is 4.03. The summed E-state index contributed by atoms with van der Waals surface area (Å²) >= 11 is 6.04. The quantitative estimate of drug-likeness (QED) is 0.425. The van der Waals surface area contributed by atoms with Crippen LogP contribution in [0.5, 0.6) is 0 Å². The third-order valence-electron chi connectivity index (χ3n) is 6.99. The number of Topliss-reactive ketones (excluding diaryl/α,β-unsaturated/α-hetero) is 2. The molecule has 1 spiro atoms. The number of hydrogen-bond acceptors (Lipinski definition) is 5. The zero-order valence-electron chi connectivity index (χ0n) is 17.8. The highest BCUT2D eigenvalue weighted by Gasteiger charge is 2.74. The molecule has 2 amide bonds. The highest BCUT2D eigenvalue weighted by atomic mass is 35.5. The van der Waals surface area contributed by atoms with Crippen LogP contribution in [-0.2, 0) is 20.9 Å². The van der Waals surface area contributed by atoms with E-state index in [1.165, 1.54) is 0 Å². The van der Waals surface area contributed by atoms with Crippen molar-refractivity contribution >= 4 is 35.0 Å². The number of halogens is 1. The molecule has 3 aromatic carbocycles. The summed E-state index contributed by atoms with van der Waals surface area (Å²) in [6, 6.07) is 22.2. The van der Waals surface area contributed by atoms with Crippen LogP contribution in [0.25, 0.3) is 0 Å². The Morgan fingerprint density at radius 3 is 1.97 bits per heavy atom. The number of amides is 2. The molecule has 7 heteroatoms. The van der Waals surface area contributed by atoms with Gasteiger partial charge in [0.05, 0.1) is 24.5 Å². The van der Waals surface area contributed by atoms with Gasteiger partial charge in [0.2, 0.25) is 29.0 Å². The summed E-state index contributed by atoms with van der Waals surface area (Å²) in [5, 5.41) is 0.493. The van der Waals surface area contributed by atoms with Gasteiger partial charge < -0.3 is 4.74 Å². The van der Waals surface area contributed by atoms with Gasteiger partial charge in [-0.1, -0.05) is 78.3 Å². The zero-order chi connectivity index (χ0) is 23.6. The van der Waals surface area contributed by atoms with E-state index in [1.807, 2.05) is 30.3 Å². The van der Waals surface area contributed by atoms with E-state index in [-0.39, 0.29) is 17.7 Å². The first-order valence-electron chi connectivity index (χ1n) is 10.9.